The zero-order chi connectivity index (χ0) is 13.2. The van der Waals surface area contributed by atoms with Gasteiger partial charge in [0.15, 0.2) is 0 Å². The number of thioether (sulfide) groups is 1. The Hall–Kier alpha value is -0.810. The molecule has 1 saturated heterocycles. The highest BCUT2D eigenvalue weighted by atomic mass is 35.5. The second-order valence-corrected chi connectivity index (χ2v) is 7.09. The molecule has 1 fully saturated rings. The van der Waals surface area contributed by atoms with Crippen molar-refractivity contribution in [2.45, 2.75) is 16.9 Å². The lowest BCUT2D eigenvalue weighted by molar-refractivity contribution is 0.515. The van der Waals surface area contributed by atoms with Crippen molar-refractivity contribution in [2.24, 2.45) is 0 Å². The molecule has 1 unspecified atom stereocenters. The smallest absolute Gasteiger partial charge is 0.242 e. The van der Waals surface area contributed by atoms with Gasteiger partial charge in [-0.05, 0) is 24.3 Å². The summed E-state index contributed by atoms with van der Waals surface area (Å²) in [6, 6.07) is 4.67. The van der Waals surface area contributed by atoms with Gasteiger partial charge in [0.25, 0.3) is 0 Å². The maximum atomic E-state index is 12.1. The van der Waals surface area contributed by atoms with E-state index in [1.165, 1.54) is 18.3 Å². The van der Waals surface area contributed by atoms with Crippen molar-refractivity contribution in [1.29, 1.82) is 5.26 Å². The molecule has 1 aliphatic rings. The van der Waals surface area contributed by atoms with Gasteiger partial charge < -0.3 is 0 Å². The van der Waals surface area contributed by atoms with E-state index < -0.39 is 15.6 Å². The molecule has 5 nitrogen and oxygen atoms in total. The minimum absolute atomic E-state index is 0.0222. The first-order valence-electron chi connectivity index (χ1n) is 5.12. The summed E-state index contributed by atoms with van der Waals surface area (Å²) in [6.07, 6.45) is 1.82. The topological polar surface area (TPSA) is 82.9 Å². The second kappa shape index (κ2) is 5.05. The summed E-state index contributed by atoms with van der Waals surface area (Å²) in [4.78, 5) is 3.75. The zero-order valence-corrected chi connectivity index (χ0v) is 11.6. The molecule has 2 heterocycles. The second-order valence-electron chi connectivity index (χ2n) is 3.92. The van der Waals surface area contributed by atoms with E-state index >= 15 is 0 Å². The van der Waals surface area contributed by atoms with Gasteiger partial charge in [0.05, 0.1) is 11.0 Å². The van der Waals surface area contributed by atoms with E-state index in [0.29, 0.717) is 12.2 Å². The molecule has 2 rings (SSSR count). The molecule has 0 saturated carbocycles. The van der Waals surface area contributed by atoms with Crippen LogP contribution in [0.15, 0.2) is 23.2 Å². The summed E-state index contributed by atoms with van der Waals surface area (Å²) < 4.78 is 26.8. The van der Waals surface area contributed by atoms with Crippen LogP contribution in [0.3, 0.4) is 0 Å². The predicted octanol–water partition coefficient (Wildman–Crippen LogP) is 1.41. The van der Waals surface area contributed by atoms with E-state index in [2.05, 4.69) is 15.8 Å². The summed E-state index contributed by atoms with van der Waals surface area (Å²) in [5, 5.41) is 9.25. The first kappa shape index (κ1) is 13.6. The van der Waals surface area contributed by atoms with Crippen molar-refractivity contribution in [2.75, 3.05) is 11.5 Å². The van der Waals surface area contributed by atoms with Crippen molar-refractivity contribution >= 4 is 33.4 Å². The van der Waals surface area contributed by atoms with Crippen LogP contribution in [-0.4, -0.2) is 30.4 Å². The predicted molar refractivity (Wildman–Crippen MR) is 69.9 cm³/mol. The molecular formula is C10H10ClN3O2S2. The summed E-state index contributed by atoms with van der Waals surface area (Å²) in [5.74, 6) is 1.23. The lowest BCUT2D eigenvalue weighted by atomic mass is 10.0. The molecule has 0 spiro atoms. The molecule has 1 atom stereocenters. The van der Waals surface area contributed by atoms with E-state index in [9.17, 15) is 8.42 Å². The van der Waals surface area contributed by atoms with Crippen molar-refractivity contribution in [1.82, 2.24) is 9.71 Å². The van der Waals surface area contributed by atoms with Gasteiger partial charge >= 0.3 is 0 Å². The largest absolute Gasteiger partial charge is 0.244 e. The molecule has 96 valence electrons. The number of halogens is 1. The summed E-state index contributed by atoms with van der Waals surface area (Å²) in [7, 11) is -3.75. The number of nitrogens with zero attached hydrogens (tertiary/aromatic N) is 2. The Morgan fingerprint density at radius 2 is 2.39 bits per heavy atom. The Bertz CT molecular complexity index is 591. The summed E-state index contributed by atoms with van der Waals surface area (Å²) in [5.41, 5.74) is -1.01. The number of hydrogen-bond donors (Lipinski definition) is 1. The molecule has 0 aliphatic carbocycles. The molecule has 1 N–H and O–H groups in total. The number of rotatable bonds is 3. The van der Waals surface area contributed by atoms with Crippen LogP contribution in [0.1, 0.15) is 6.42 Å². The highest BCUT2D eigenvalue weighted by molar-refractivity contribution is 7.99. The van der Waals surface area contributed by atoms with Gasteiger partial charge in [-0.15, -0.1) is 0 Å². The van der Waals surface area contributed by atoms with Crippen LogP contribution in [0.4, 0.5) is 0 Å². The normalized spacial score (nSPS) is 23.8. The quantitative estimate of drug-likeness (QED) is 0.854. The van der Waals surface area contributed by atoms with Gasteiger partial charge in [-0.1, -0.05) is 11.6 Å². The molecule has 0 bridgehead atoms. The van der Waals surface area contributed by atoms with Crippen molar-refractivity contribution in [3.63, 3.8) is 0 Å². The minimum atomic E-state index is -3.75. The first-order chi connectivity index (χ1) is 8.47. The molecule has 1 aliphatic heterocycles. The van der Waals surface area contributed by atoms with E-state index in [4.69, 9.17) is 16.9 Å². The number of sulfonamides is 1. The van der Waals surface area contributed by atoms with Crippen LogP contribution in [0.5, 0.6) is 0 Å². The SMILES string of the molecule is N#CC1(NS(=O)(=O)c2ccnc(Cl)c2)CCSC1. The molecule has 0 aromatic carbocycles. The molecule has 1 aromatic rings. The monoisotopic (exact) mass is 303 g/mol. The number of aromatic nitrogens is 1. The van der Waals surface area contributed by atoms with Crippen LogP contribution in [0, 0.1) is 11.3 Å². The Kier molecular flexibility index (Phi) is 3.82. The average molecular weight is 304 g/mol. The van der Waals surface area contributed by atoms with Gasteiger partial charge in [-0.2, -0.15) is 21.7 Å². The molecule has 0 radical (unpaired) electrons. The zero-order valence-electron chi connectivity index (χ0n) is 9.26. The molecule has 0 amide bonds. The van der Waals surface area contributed by atoms with E-state index in [1.54, 1.807) is 11.8 Å². The van der Waals surface area contributed by atoms with E-state index in [1.807, 2.05) is 0 Å². The number of pyridine rings is 1. The van der Waals surface area contributed by atoms with Crippen LogP contribution in [0.25, 0.3) is 0 Å². The fraction of sp³-hybridized carbons (Fsp3) is 0.400. The third kappa shape index (κ3) is 2.78. The van der Waals surface area contributed by atoms with Crippen molar-refractivity contribution in [3.8, 4) is 6.07 Å². The molecule has 18 heavy (non-hydrogen) atoms. The average Bonchev–Trinajstić information content (AvgIpc) is 2.77. The van der Waals surface area contributed by atoms with Crippen LogP contribution < -0.4 is 4.72 Å². The lowest BCUT2D eigenvalue weighted by Crippen LogP contribution is -2.47. The van der Waals surface area contributed by atoms with Gasteiger partial charge in [0.2, 0.25) is 10.0 Å². The van der Waals surface area contributed by atoms with Gasteiger partial charge in [0.1, 0.15) is 10.7 Å². The van der Waals surface area contributed by atoms with Crippen LogP contribution in [-0.2, 0) is 10.0 Å². The maximum absolute atomic E-state index is 12.1. The molecular weight excluding hydrogens is 294 g/mol. The Balaban J connectivity index is 2.30. The van der Waals surface area contributed by atoms with Crippen molar-refractivity contribution < 1.29 is 8.42 Å². The molecule has 8 heteroatoms. The summed E-state index contributed by atoms with van der Waals surface area (Å²) >= 11 is 7.22. The van der Waals surface area contributed by atoms with Crippen molar-refractivity contribution in [3.05, 3.63) is 23.5 Å². The summed E-state index contributed by atoms with van der Waals surface area (Å²) in [6.45, 7) is 0. The Labute approximate surface area is 115 Å². The fourth-order valence-corrected chi connectivity index (χ4v) is 4.58. The highest BCUT2D eigenvalue weighted by Gasteiger charge is 2.38. The highest BCUT2D eigenvalue weighted by Crippen LogP contribution is 2.29. The standard InChI is InChI=1S/C10H10ClN3O2S2/c11-9-5-8(1-3-13-9)18(15,16)14-10(6-12)2-4-17-7-10/h1,3,5,14H,2,4,7H2. The van der Waals surface area contributed by atoms with Crippen LogP contribution >= 0.6 is 23.4 Å². The number of nitriles is 1. The Morgan fingerprint density at radius 1 is 1.61 bits per heavy atom. The minimum Gasteiger partial charge on any atom is -0.244 e. The first-order valence-corrected chi connectivity index (χ1v) is 8.14. The van der Waals surface area contributed by atoms with E-state index in [-0.39, 0.29) is 10.0 Å². The third-order valence-corrected chi connectivity index (χ3v) is 5.50. The van der Waals surface area contributed by atoms with Gasteiger partial charge in [-0.25, -0.2) is 13.4 Å². The van der Waals surface area contributed by atoms with E-state index in [0.717, 1.165) is 5.75 Å². The number of hydrogen-bond acceptors (Lipinski definition) is 5. The maximum Gasteiger partial charge on any atom is 0.242 e. The van der Waals surface area contributed by atoms with Gasteiger partial charge in [-0.3, -0.25) is 0 Å². The fourth-order valence-electron chi connectivity index (χ4n) is 1.62. The van der Waals surface area contributed by atoms with Crippen LogP contribution in [0.2, 0.25) is 5.15 Å². The molecule has 1 aromatic heterocycles. The van der Waals surface area contributed by atoms with Gasteiger partial charge in [0, 0.05) is 11.9 Å². The lowest BCUT2D eigenvalue weighted by Gasteiger charge is -2.20. The Morgan fingerprint density at radius 3 is 2.94 bits per heavy atom. The number of nitrogens with one attached hydrogen (secondary N) is 1. The third-order valence-electron chi connectivity index (χ3n) is 2.57.